The molecule has 5 aromatic rings. The summed E-state index contributed by atoms with van der Waals surface area (Å²) in [5, 5.41) is 9.15. The molecule has 2 heteroatoms. The molecular weight excluding hydrogens is 440 g/mol. The minimum Gasteiger partial charge on any atom is -0.491 e. The van der Waals surface area contributed by atoms with Crippen LogP contribution >= 0.6 is 0 Å². The van der Waals surface area contributed by atoms with Gasteiger partial charge in [0.05, 0.1) is 6.61 Å². The van der Waals surface area contributed by atoms with Gasteiger partial charge in [0.2, 0.25) is 0 Å². The van der Waals surface area contributed by atoms with E-state index in [9.17, 15) is 0 Å². The number of aliphatic hydroxyl groups excluding tert-OH is 1. The van der Waals surface area contributed by atoms with Crippen molar-refractivity contribution in [3.05, 3.63) is 126 Å². The molecule has 0 saturated carbocycles. The van der Waals surface area contributed by atoms with Gasteiger partial charge in [-0.15, -0.1) is 0 Å². The van der Waals surface area contributed by atoms with Crippen molar-refractivity contribution in [3.63, 3.8) is 0 Å². The number of aryl methyl sites for hydroxylation is 1. The molecule has 6 rings (SSSR count). The van der Waals surface area contributed by atoms with Crippen LogP contribution in [0.1, 0.15) is 16.7 Å². The van der Waals surface area contributed by atoms with E-state index in [2.05, 4.69) is 110 Å². The van der Waals surface area contributed by atoms with Crippen molar-refractivity contribution < 1.29 is 9.84 Å². The summed E-state index contributed by atoms with van der Waals surface area (Å²) in [4.78, 5) is 0. The number of benzene rings is 5. The highest BCUT2D eigenvalue weighted by Gasteiger charge is 2.24. The SMILES string of the molecule is Cc1cc(-c2cc(-c3ccccc3)cc3c2Cc2ccc(-c4ccccc4)cc2-3)ccc1OCCO. The van der Waals surface area contributed by atoms with Gasteiger partial charge in [0, 0.05) is 0 Å². The molecule has 0 radical (unpaired) electrons. The summed E-state index contributed by atoms with van der Waals surface area (Å²) < 4.78 is 5.72. The highest BCUT2D eigenvalue weighted by atomic mass is 16.5. The Bertz CT molecular complexity index is 1540. The maximum Gasteiger partial charge on any atom is 0.122 e. The van der Waals surface area contributed by atoms with Gasteiger partial charge in [-0.3, -0.25) is 0 Å². The van der Waals surface area contributed by atoms with Crippen molar-refractivity contribution in [2.45, 2.75) is 13.3 Å². The molecule has 36 heavy (non-hydrogen) atoms. The predicted octanol–water partition coefficient (Wildman–Crippen LogP) is 7.94. The summed E-state index contributed by atoms with van der Waals surface area (Å²) >= 11 is 0. The van der Waals surface area contributed by atoms with Crippen molar-refractivity contribution in [1.82, 2.24) is 0 Å². The summed E-state index contributed by atoms with van der Waals surface area (Å²) in [7, 11) is 0. The molecule has 0 aliphatic heterocycles. The van der Waals surface area contributed by atoms with E-state index >= 15 is 0 Å². The molecule has 0 fully saturated rings. The van der Waals surface area contributed by atoms with Crippen LogP contribution in [0.25, 0.3) is 44.5 Å². The maximum absolute atomic E-state index is 9.15. The Hall–Kier alpha value is -4.14. The number of hydrogen-bond acceptors (Lipinski definition) is 2. The van der Waals surface area contributed by atoms with Crippen LogP contribution in [-0.2, 0) is 6.42 Å². The fourth-order valence-electron chi connectivity index (χ4n) is 5.27. The lowest BCUT2D eigenvalue weighted by molar-refractivity contribution is 0.200. The quantitative estimate of drug-likeness (QED) is 0.269. The first-order valence-electron chi connectivity index (χ1n) is 12.5. The second-order valence-electron chi connectivity index (χ2n) is 9.38. The molecule has 1 aliphatic rings. The Kier molecular flexibility index (Phi) is 5.88. The first kappa shape index (κ1) is 22.3. The Morgan fingerprint density at radius 2 is 1.25 bits per heavy atom. The van der Waals surface area contributed by atoms with Crippen LogP contribution in [-0.4, -0.2) is 18.3 Å². The molecule has 2 nitrogen and oxygen atoms in total. The zero-order chi connectivity index (χ0) is 24.5. The van der Waals surface area contributed by atoms with Crippen LogP contribution in [0.5, 0.6) is 5.75 Å². The molecule has 0 unspecified atom stereocenters. The van der Waals surface area contributed by atoms with Gasteiger partial charge in [0.25, 0.3) is 0 Å². The Morgan fingerprint density at radius 3 is 1.94 bits per heavy atom. The largest absolute Gasteiger partial charge is 0.491 e. The van der Waals surface area contributed by atoms with Crippen molar-refractivity contribution in [2.24, 2.45) is 0 Å². The van der Waals surface area contributed by atoms with Gasteiger partial charge in [0.1, 0.15) is 12.4 Å². The van der Waals surface area contributed by atoms with Gasteiger partial charge in [0.15, 0.2) is 0 Å². The van der Waals surface area contributed by atoms with Gasteiger partial charge in [-0.25, -0.2) is 0 Å². The summed E-state index contributed by atoms with van der Waals surface area (Å²) in [6.07, 6.45) is 0.923. The predicted molar refractivity (Wildman–Crippen MR) is 148 cm³/mol. The van der Waals surface area contributed by atoms with Gasteiger partial charge < -0.3 is 9.84 Å². The first-order valence-corrected chi connectivity index (χ1v) is 12.5. The van der Waals surface area contributed by atoms with Crippen LogP contribution in [0.15, 0.2) is 109 Å². The minimum atomic E-state index is 0.0110. The van der Waals surface area contributed by atoms with E-state index in [1.807, 2.05) is 6.07 Å². The molecule has 0 atom stereocenters. The third-order valence-corrected chi connectivity index (χ3v) is 7.07. The summed E-state index contributed by atoms with van der Waals surface area (Å²) in [5.74, 6) is 0.819. The molecule has 1 aliphatic carbocycles. The molecule has 0 aromatic heterocycles. The monoisotopic (exact) mass is 468 g/mol. The molecule has 0 bridgehead atoms. The highest BCUT2D eigenvalue weighted by molar-refractivity contribution is 5.91. The third-order valence-electron chi connectivity index (χ3n) is 7.07. The van der Waals surface area contributed by atoms with Crippen molar-refractivity contribution in [3.8, 4) is 50.3 Å². The lowest BCUT2D eigenvalue weighted by Crippen LogP contribution is -2.02. The standard InChI is InChI=1S/C34H28O2/c1-23-18-27(14-15-34(23)36-17-16-35)31-21-29(25-10-6-3-7-11-25)22-33-30-19-26(24-8-4-2-5-9-24)12-13-28(30)20-32(31)33/h2-15,18-19,21-22,35H,16-17,20H2,1H3. The van der Waals surface area contributed by atoms with Gasteiger partial charge in [-0.1, -0.05) is 78.9 Å². The van der Waals surface area contributed by atoms with E-state index < -0.39 is 0 Å². The van der Waals surface area contributed by atoms with Crippen molar-refractivity contribution in [2.75, 3.05) is 13.2 Å². The zero-order valence-electron chi connectivity index (χ0n) is 20.4. The van der Waals surface area contributed by atoms with Crippen LogP contribution in [0, 0.1) is 6.92 Å². The van der Waals surface area contributed by atoms with Crippen LogP contribution < -0.4 is 4.74 Å². The molecule has 176 valence electrons. The minimum absolute atomic E-state index is 0.0110. The molecule has 0 saturated heterocycles. The number of aliphatic hydroxyl groups is 1. The molecule has 0 amide bonds. The molecule has 0 heterocycles. The maximum atomic E-state index is 9.15. The summed E-state index contributed by atoms with van der Waals surface area (Å²) in [5.41, 5.74) is 13.8. The average Bonchev–Trinajstić information content (AvgIpc) is 3.31. The number of fused-ring (bicyclic) bond motifs is 3. The smallest absolute Gasteiger partial charge is 0.122 e. The van der Waals surface area contributed by atoms with Gasteiger partial charge in [-0.05, 0) is 105 Å². The molecule has 5 aromatic carbocycles. The lowest BCUT2D eigenvalue weighted by atomic mass is 9.90. The van der Waals surface area contributed by atoms with Gasteiger partial charge in [-0.2, -0.15) is 0 Å². The van der Waals surface area contributed by atoms with E-state index in [1.165, 1.54) is 55.6 Å². The summed E-state index contributed by atoms with van der Waals surface area (Å²) in [6, 6.07) is 39.2. The van der Waals surface area contributed by atoms with Crippen molar-refractivity contribution >= 4 is 0 Å². The first-order chi connectivity index (χ1) is 17.7. The molecule has 1 N–H and O–H groups in total. The Morgan fingerprint density at radius 1 is 0.611 bits per heavy atom. The summed E-state index contributed by atoms with van der Waals surface area (Å²) in [6.45, 7) is 2.38. The van der Waals surface area contributed by atoms with E-state index in [-0.39, 0.29) is 6.61 Å². The van der Waals surface area contributed by atoms with E-state index in [4.69, 9.17) is 9.84 Å². The van der Waals surface area contributed by atoms with Crippen LogP contribution in [0.3, 0.4) is 0 Å². The fourth-order valence-corrected chi connectivity index (χ4v) is 5.27. The zero-order valence-corrected chi connectivity index (χ0v) is 20.4. The van der Waals surface area contributed by atoms with E-state index in [0.717, 1.165) is 17.7 Å². The Labute approximate surface area is 212 Å². The van der Waals surface area contributed by atoms with Crippen LogP contribution in [0.4, 0.5) is 0 Å². The topological polar surface area (TPSA) is 29.5 Å². The second-order valence-corrected chi connectivity index (χ2v) is 9.38. The normalized spacial score (nSPS) is 11.7. The van der Waals surface area contributed by atoms with Crippen LogP contribution in [0.2, 0.25) is 0 Å². The Balaban J connectivity index is 1.52. The molecular formula is C34H28O2. The number of hydrogen-bond donors (Lipinski definition) is 1. The second kappa shape index (κ2) is 9.49. The number of ether oxygens (including phenoxy) is 1. The van der Waals surface area contributed by atoms with Gasteiger partial charge >= 0.3 is 0 Å². The van der Waals surface area contributed by atoms with E-state index in [0.29, 0.717) is 6.61 Å². The third kappa shape index (κ3) is 4.10. The highest BCUT2D eigenvalue weighted by Crippen LogP contribution is 2.46. The lowest BCUT2D eigenvalue weighted by Gasteiger charge is -2.15. The average molecular weight is 469 g/mol. The number of rotatable bonds is 6. The molecule has 0 spiro atoms. The van der Waals surface area contributed by atoms with Crippen molar-refractivity contribution in [1.29, 1.82) is 0 Å². The fraction of sp³-hybridized carbons (Fsp3) is 0.118. The van der Waals surface area contributed by atoms with E-state index in [1.54, 1.807) is 0 Å².